The zero-order valence-corrected chi connectivity index (χ0v) is 19.1. The molecular weight excluding hydrogens is 432 g/mol. The Morgan fingerprint density at radius 1 is 1.03 bits per heavy atom. The zero-order chi connectivity index (χ0) is 23.6. The number of pyridine rings is 1. The summed E-state index contributed by atoms with van der Waals surface area (Å²) in [5.74, 6) is 0.845. The number of hydrogen-bond donors (Lipinski definition) is 1. The van der Waals surface area contributed by atoms with Gasteiger partial charge in [-0.25, -0.2) is 13.0 Å². The largest absolute Gasteiger partial charge is 0.707 e. The van der Waals surface area contributed by atoms with Gasteiger partial charge in [-0.1, -0.05) is 0 Å². The second-order valence-corrected chi connectivity index (χ2v) is 8.22. The minimum absolute atomic E-state index is 0.681. The van der Waals surface area contributed by atoms with Crippen molar-refractivity contribution in [2.45, 2.75) is 0 Å². The van der Waals surface area contributed by atoms with Crippen molar-refractivity contribution >= 4 is 33.4 Å². The summed E-state index contributed by atoms with van der Waals surface area (Å²) >= 11 is 0. The molecular formula is C22H26N4O5S. The highest BCUT2D eigenvalue weighted by Crippen LogP contribution is 2.22. The van der Waals surface area contributed by atoms with E-state index in [1.54, 1.807) is 7.11 Å². The molecule has 10 heteroatoms. The number of nitrogens with one attached hydrogen (secondary N) is 1. The molecule has 0 amide bonds. The molecule has 0 saturated carbocycles. The molecule has 2 aromatic carbocycles. The predicted octanol–water partition coefficient (Wildman–Crippen LogP) is 1.97. The third-order valence-corrected chi connectivity index (χ3v) is 4.45. The summed E-state index contributed by atoms with van der Waals surface area (Å²) in [5.41, 5.74) is 4.09. The first-order valence-electron chi connectivity index (χ1n) is 9.47. The number of benzene rings is 2. The summed E-state index contributed by atoms with van der Waals surface area (Å²) in [6, 6.07) is 22.0. The summed E-state index contributed by atoms with van der Waals surface area (Å²) in [4.78, 5) is 0. The van der Waals surface area contributed by atoms with Gasteiger partial charge in [-0.05, 0) is 54.6 Å². The predicted molar refractivity (Wildman–Crippen MR) is 122 cm³/mol. The Morgan fingerprint density at radius 3 is 2.09 bits per heavy atom. The molecule has 0 unspecified atom stereocenters. The van der Waals surface area contributed by atoms with Crippen LogP contribution in [0.2, 0.25) is 0 Å². The molecule has 9 nitrogen and oxygen atoms in total. The number of nitrogens with zero attached hydrogens (tertiary/aromatic N) is 3. The van der Waals surface area contributed by atoms with E-state index in [-0.39, 0.29) is 0 Å². The van der Waals surface area contributed by atoms with Crippen LogP contribution in [0.3, 0.4) is 0 Å². The number of ether oxygens (including phenoxy) is 1. The Bertz CT molecular complexity index is 1120. The highest BCUT2D eigenvalue weighted by molar-refractivity contribution is 7.85. The maximum absolute atomic E-state index is 9.47. The number of rotatable bonds is 7. The van der Waals surface area contributed by atoms with Crippen LogP contribution in [0.5, 0.6) is 5.75 Å². The van der Waals surface area contributed by atoms with E-state index in [4.69, 9.17) is 9.99 Å². The van der Waals surface area contributed by atoms with Crippen LogP contribution < -0.4 is 24.9 Å². The van der Waals surface area contributed by atoms with E-state index < -0.39 is 10.1 Å². The summed E-state index contributed by atoms with van der Waals surface area (Å²) < 4.78 is 28.8. The lowest BCUT2D eigenvalue weighted by Gasteiger charge is -2.14. The molecule has 0 aliphatic carbocycles. The lowest BCUT2D eigenvalue weighted by molar-refractivity contribution is -0.672. The number of anilines is 3. The molecule has 0 fully saturated rings. The molecule has 1 N–H and O–H groups in total. The number of hydrazone groups is 1. The van der Waals surface area contributed by atoms with E-state index in [1.807, 2.05) is 103 Å². The van der Waals surface area contributed by atoms with E-state index >= 15 is 0 Å². The van der Waals surface area contributed by atoms with Gasteiger partial charge in [-0.15, -0.1) is 0 Å². The monoisotopic (exact) mass is 458 g/mol. The highest BCUT2D eigenvalue weighted by atomic mass is 32.2. The topological polar surface area (TPSA) is 107 Å². The average molecular weight is 459 g/mol. The van der Waals surface area contributed by atoms with Crippen LogP contribution in [0, 0.1) is 0 Å². The minimum Gasteiger partial charge on any atom is -0.707 e. The first kappa shape index (κ1) is 24.8. The van der Waals surface area contributed by atoms with Crippen molar-refractivity contribution in [3.63, 3.8) is 0 Å². The van der Waals surface area contributed by atoms with Crippen molar-refractivity contribution in [1.82, 2.24) is 0 Å². The smallest absolute Gasteiger partial charge is 0.255 e. The molecule has 0 aliphatic heterocycles. The minimum atomic E-state index is -3.72. The van der Waals surface area contributed by atoms with Gasteiger partial charge >= 0.3 is 0 Å². The van der Waals surface area contributed by atoms with Crippen molar-refractivity contribution in [3.05, 3.63) is 78.6 Å². The Morgan fingerprint density at radius 2 is 1.59 bits per heavy atom. The van der Waals surface area contributed by atoms with E-state index in [1.165, 1.54) is 0 Å². The maximum Gasteiger partial charge on any atom is 0.255 e. The van der Waals surface area contributed by atoms with Gasteiger partial charge in [0.1, 0.15) is 19.0 Å². The van der Waals surface area contributed by atoms with Crippen molar-refractivity contribution in [2.75, 3.05) is 30.7 Å². The third kappa shape index (κ3) is 8.34. The second kappa shape index (κ2) is 11.8. The fraction of sp³-hybridized carbons (Fsp3) is 0.182. The normalized spacial score (nSPS) is 10.9. The van der Waals surface area contributed by atoms with Crippen LogP contribution in [-0.4, -0.2) is 35.0 Å². The Labute approximate surface area is 188 Å². The van der Waals surface area contributed by atoms with E-state index in [9.17, 15) is 8.42 Å². The number of aromatic nitrogens is 1. The summed E-state index contributed by atoms with van der Waals surface area (Å²) in [7, 11) is 1.88. The van der Waals surface area contributed by atoms with Crippen molar-refractivity contribution in [3.8, 4) is 5.75 Å². The van der Waals surface area contributed by atoms with Gasteiger partial charge in [-0.3, -0.25) is 5.01 Å². The van der Waals surface area contributed by atoms with Crippen LogP contribution in [0.1, 0.15) is 5.69 Å². The van der Waals surface area contributed by atoms with Gasteiger partial charge in [0.25, 0.3) is 10.1 Å². The molecule has 0 bridgehead atoms. The first-order valence-corrected chi connectivity index (χ1v) is 11.3. The molecule has 0 saturated heterocycles. The summed E-state index contributed by atoms with van der Waals surface area (Å²) in [6.45, 7) is 0. The molecule has 0 spiro atoms. The molecule has 32 heavy (non-hydrogen) atoms. The van der Waals surface area contributed by atoms with Gasteiger partial charge < -0.3 is 19.6 Å². The molecule has 1 heterocycles. The summed E-state index contributed by atoms with van der Waals surface area (Å²) in [6.07, 6.45) is 4.53. The Balaban J connectivity index is 0.000000534. The third-order valence-electron chi connectivity index (χ3n) is 4.20. The quantitative estimate of drug-likeness (QED) is 0.250. The van der Waals surface area contributed by atoms with E-state index in [2.05, 4.69) is 14.8 Å². The lowest BCUT2D eigenvalue weighted by atomic mass is 10.2. The fourth-order valence-electron chi connectivity index (χ4n) is 2.48. The molecule has 170 valence electrons. The van der Waals surface area contributed by atoms with Crippen LogP contribution in [0.4, 0.5) is 17.1 Å². The maximum atomic E-state index is 9.47. The van der Waals surface area contributed by atoms with Crippen LogP contribution >= 0.6 is 0 Å². The fourth-order valence-corrected chi connectivity index (χ4v) is 2.48. The Hall–Kier alpha value is -3.47. The molecule has 0 aliphatic rings. The van der Waals surface area contributed by atoms with Gasteiger partial charge in [0.15, 0.2) is 6.20 Å². The van der Waals surface area contributed by atoms with Crippen LogP contribution in [-0.2, 0) is 21.5 Å². The standard InChI is InChI=1S/C21H23N4O.CH4O4S/c1-24-15-5-4-6-20(24)16-22-25(2)19-11-7-17(8-12-19)23-18-9-13-21(26-3)14-10-18;1-6(3,4)5-2/h4-16,23H,1-3H3;2H,1H3/q+1;/p-1. The molecule has 3 aromatic rings. The second-order valence-electron chi connectivity index (χ2n) is 6.68. The molecule has 1 aromatic heterocycles. The van der Waals surface area contributed by atoms with E-state index in [0.717, 1.165) is 28.5 Å². The highest BCUT2D eigenvalue weighted by Gasteiger charge is 2.03. The van der Waals surface area contributed by atoms with Crippen LogP contribution in [0.15, 0.2) is 78.0 Å². The number of hydrogen-bond acceptors (Lipinski definition) is 8. The van der Waals surface area contributed by atoms with Crippen molar-refractivity contribution in [1.29, 1.82) is 0 Å². The molecule has 0 radical (unpaired) electrons. The van der Waals surface area contributed by atoms with E-state index in [0.29, 0.717) is 6.26 Å². The zero-order valence-electron chi connectivity index (χ0n) is 18.3. The van der Waals surface area contributed by atoms with Crippen molar-refractivity contribution in [2.24, 2.45) is 12.1 Å². The summed E-state index contributed by atoms with van der Waals surface area (Å²) in [5, 5.41) is 18.6. The van der Waals surface area contributed by atoms with Gasteiger partial charge in [0, 0.05) is 30.6 Å². The Kier molecular flexibility index (Phi) is 9.14. The number of methoxy groups -OCH3 is 1. The lowest BCUT2D eigenvalue weighted by Crippen LogP contribution is -2.32. The van der Waals surface area contributed by atoms with Gasteiger partial charge in [0.2, 0.25) is 5.69 Å². The van der Waals surface area contributed by atoms with Crippen LogP contribution in [0.25, 0.3) is 0 Å². The van der Waals surface area contributed by atoms with Gasteiger partial charge in [0.05, 0.1) is 19.1 Å². The van der Waals surface area contributed by atoms with Crippen molar-refractivity contribution < 1.29 is 27.3 Å². The molecule has 3 rings (SSSR count). The molecule has 0 atom stereocenters. The average Bonchev–Trinajstić information content (AvgIpc) is 2.79. The first-order chi connectivity index (χ1) is 15.2. The van der Waals surface area contributed by atoms with Gasteiger partial charge in [-0.2, -0.15) is 5.10 Å². The SMILES string of the molecule is COc1ccc(Nc2ccc(N(C)/N=C/c3cccc[n+]3C)cc2)cc1.CS(=O)(=O)O[O-]. The number of aryl methyl sites for hydroxylation is 1.